The van der Waals surface area contributed by atoms with Crippen LogP contribution in [0.3, 0.4) is 0 Å². The Morgan fingerprint density at radius 3 is 2.77 bits per heavy atom. The van der Waals surface area contributed by atoms with Crippen molar-refractivity contribution in [2.75, 3.05) is 31.1 Å². The highest BCUT2D eigenvalue weighted by Crippen LogP contribution is 2.31. The number of pyridine rings is 1. The second-order valence-electron chi connectivity index (χ2n) is 5.60. The molecule has 5 heteroatoms. The van der Waals surface area contributed by atoms with Crippen molar-refractivity contribution in [1.29, 1.82) is 0 Å². The Morgan fingerprint density at radius 1 is 1.14 bits per heavy atom. The van der Waals surface area contributed by atoms with Crippen LogP contribution in [0.5, 0.6) is 0 Å². The van der Waals surface area contributed by atoms with Crippen molar-refractivity contribution in [3.8, 4) is 11.1 Å². The Kier molecular flexibility index (Phi) is 3.27. The lowest BCUT2D eigenvalue weighted by atomic mass is 10.0. The highest BCUT2D eigenvalue weighted by molar-refractivity contribution is 5.94. The van der Waals surface area contributed by atoms with E-state index in [-0.39, 0.29) is 0 Å². The van der Waals surface area contributed by atoms with Gasteiger partial charge in [-0.2, -0.15) is 5.10 Å². The van der Waals surface area contributed by atoms with E-state index in [1.807, 2.05) is 19.3 Å². The van der Waals surface area contributed by atoms with Crippen molar-refractivity contribution in [2.24, 2.45) is 0 Å². The number of hydrogen-bond acceptors (Lipinski definition) is 3. The summed E-state index contributed by atoms with van der Waals surface area (Å²) in [7, 11) is 0. The second-order valence-corrected chi connectivity index (χ2v) is 5.60. The van der Waals surface area contributed by atoms with Crippen LogP contribution < -0.4 is 10.2 Å². The summed E-state index contributed by atoms with van der Waals surface area (Å²) in [6, 6.07) is 8.54. The summed E-state index contributed by atoms with van der Waals surface area (Å²) in [6.07, 6.45) is 3.85. The predicted octanol–water partition coefficient (Wildman–Crippen LogP) is 2.36. The molecule has 0 bridgehead atoms. The molecular formula is C17H18N5. The molecule has 1 fully saturated rings. The first-order valence-corrected chi connectivity index (χ1v) is 7.60. The van der Waals surface area contributed by atoms with Gasteiger partial charge in [0.1, 0.15) is 0 Å². The molecule has 3 heterocycles. The van der Waals surface area contributed by atoms with Crippen LogP contribution in [0.15, 0.2) is 36.7 Å². The first-order chi connectivity index (χ1) is 10.8. The molecule has 0 amide bonds. The molecule has 111 valence electrons. The van der Waals surface area contributed by atoms with Crippen LogP contribution in [0.25, 0.3) is 22.0 Å². The normalized spacial score (nSPS) is 15.4. The van der Waals surface area contributed by atoms with E-state index in [0.717, 1.165) is 43.0 Å². The van der Waals surface area contributed by atoms with E-state index >= 15 is 0 Å². The fourth-order valence-electron chi connectivity index (χ4n) is 3.07. The van der Waals surface area contributed by atoms with Crippen molar-refractivity contribution in [1.82, 2.24) is 20.5 Å². The van der Waals surface area contributed by atoms with Crippen molar-refractivity contribution in [3.05, 3.63) is 42.4 Å². The van der Waals surface area contributed by atoms with Gasteiger partial charge in [-0.05, 0) is 30.7 Å². The number of anilines is 1. The zero-order valence-corrected chi connectivity index (χ0v) is 12.6. The monoisotopic (exact) mass is 292 g/mol. The number of hydrogen-bond donors (Lipinski definition) is 1. The summed E-state index contributed by atoms with van der Waals surface area (Å²) in [5.74, 6) is 0. The second kappa shape index (κ2) is 5.42. The van der Waals surface area contributed by atoms with Crippen LogP contribution in [0.2, 0.25) is 0 Å². The maximum atomic E-state index is 4.51. The summed E-state index contributed by atoms with van der Waals surface area (Å²) in [4.78, 5) is 6.91. The van der Waals surface area contributed by atoms with Gasteiger partial charge in [0.05, 0.1) is 11.2 Å². The van der Waals surface area contributed by atoms with E-state index in [9.17, 15) is 0 Å². The van der Waals surface area contributed by atoms with Gasteiger partial charge < -0.3 is 4.90 Å². The maximum absolute atomic E-state index is 4.51. The molecule has 4 rings (SSSR count). The van der Waals surface area contributed by atoms with Crippen molar-refractivity contribution >= 4 is 16.6 Å². The summed E-state index contributed by atoms with van der Waals surface area (Å²) >= 11 is 0. The Bertz CT molecular complexity index is 802. The molecule has 0 atom stereocenters. The number of aryl methyl sites for hydroxylation is 1. The highest BCUT2D eigenvalue weighted by Gasteiger charge is 2.15. The molecular weight excluding hydrogens is 274 g/mol. The van der Waals surface area contributed by atoms with E-state index in [0.29, 0.717) is 0 Å². The van der Waals surface area contributed by atoms with Crippen LogP contribution in [0, 0.1) is 6.92 Å². The SMILES string of the molecule is Cc1n[nH]cc1-c1ccc2nccc(N3CC[N]CC3)c2c1. The molecule has 5 nitrogen and oxygen atoms in total. The molecule has 22 heavy (non-hydrogen) atoms. The predicted molar refractivity (Wildman–Crippen MR) is 88.1 cm³/mol. The standard InChI is InChI=1S/C17H18N5/c1-12-15(11-20-21-12)13-2-3-16-14(10-13)17(4-5-19-16)22-8-6-18-7-9-22/h2-5,10-11H,6-9H2,1H3,(H,20,21). The minimum atomic E-state index is 0.907. The number of H-pyrrole nitrogens is 1. The summed E-state index contributed by atoms with van der Waals surface area (Å²) < 4.78 is 0. The van der Waals surface area contributed by atoms with Crippen molar-refractivity contribution in [3.63, 3.8) is 0 Å². The molecule has 1 radical (unpaired) electrons. The first kappa shape index (κ1) is 13.3. The van der Waals surface area contributed by atoms with E-state index < -0.39 is 0 Å². The number of nitrogens with one attached hydrogen (secondary N) is 1. The smallest absolute Gasteiger partial charge is 0.0723 e. The number of benzene rings is 1. The molecule has 0 aliphatic carbocycles. The molecule has 1 aromatic carbocycles. The molecule has 3 aromatic rings. The van der Waals surface area contributed by atoms with Gasteiger partial charge in [-0.25, -0.2) is 5.32 Å². The molecule has 1 aliphatic heterocycles. The number of rotatable bonds is 2. The summed E-state index contributed by atoms with van der Waals surface area (Å²) in [5, 5.41) is 12.8. The van der Waals surface area contributed by atoms with Gasteiger partial charge in [0.2, 0.25) is 0 Å². The minimum absolute atomic E-state index is 0.907. The first-order valence-electron chi connectivity index (χ1n) is 7.60. The molecule has 1 aliphatic rings. The van der Waals surface area contributed by atoms with E-state index in [2.05, 4.69) is 49.7 Å². The Balaban J connectivity index is 1.85. The topological polar surface area (TPSA) is 58.9 Å². The fraction of sp³-hybridized carbons (Fsp3) is 0.294. The largest absolute Gasteiger partial charge is 0.368 e. The van der Waals surface area contributed by atoms with Gasteiger partial charge in [-0.15, -0.1) is 0 Å². The van der Waals surface area contributed by atoms with Crippen LogP contribution in [-0.2, 0) is 0 Å². The third-order valence-corrected chi connectivity index (χ3v) is 4.26. The van der Waals surface area contributed by atoms with Gasteiger partial charge in [-0.1, -0.05) is 6.07 Å². The molecule has 1 saturated heterocycles. The van der Waals surface area contributed by atoms with Gasteiger partial charge >= 0.3 is 0 Å². The molecule has 0 unspecified atom stereocenters. The summed E-state index contributed by atoms with van der Waals surface area (Å²) in [6.45, 7) is 5.79. The number of piperazine rings is 1. The van der Waals surface area contributed by atoms with Crippen molar-refractivity contribution < 1.29 is 0 Å². The van der Waals surface area contributed by atoms with E-state index in [1.54, 1.807) is 0 Å². The lowest BCUT2D eigenvalue weighted by Crippen LogP contribution is -2.40. The van der Waals surface area contributed by atoms with Crippen LogP contribution in [-0.4, -0.2) is 41.4 Å². The quantitative estimate of drug-likeness (QED) is 0.789. The lowest BCUT2D eigenvalue weighted by molar-refractivity contribution is 0.580. The maximum Gasteiger partial charge on any atom is 0.0723 e. The number of aromatic amines is 1. The third kappa shape index (κ3) is 2.23. The Hall–Kier alpha value is -2.40. The summed E-state index contributed by atoms with van der Waals surface area (Å²) in [5.41, 5.74) is 5.62. The molecule has 0 saturated carbocycles. The zero-order valence-electron chi connectivity index (χ0n) is 12.6. The van der Waals surface area contributed by atoms with Crippen molar-refractivity contribution in [2.45, 2.75) is 6.92 Å². The van der Waals surface area contributed by atoms with Crippen LogP contribution in [0.1, 0.15) is 5.69 Å². The molecule has 2 aromatic heterocycles. The average Bonchev–Trinajstić information content (AvgIpc) is 3.01. The zero-order chi connectivity index (χ0) is 14.9. The van der Waals surface area contributed by atoms with Gasteiger partial charge in [0.15, 0.2) is 0 Å². The van der Waals surface area contributed by atoms with Crippen LogP contribution >= 0.6 is 0 Å². The molecule has 0 spiro atoms. The Labute approximate surface area is 129 Å². The van der Waals surface area contributed by atoms with Gasteiger partial charge in [-0.3, -0.25) is 10.1 Å². The fourth-order valence-corrected chi connectivity index (χ4v) is 3.07. The number of aromatic nitrogens is 3. The average molecular weight is 292 g/mol. The molecule has 1 N–H and O–H groups in total. The minimum Gasteiger partial charge on any atom is -0.368 e. The lowest BCUT2D eigenvalue weighted by Gasteiger charge is -2.29. The number of nitrogens with zero attached hydrogens (tertiary/aromatic N) is 4. The third-order valence-electron chi connectivity index (χ3n) is 4.26. The Morgan fingerprint density at radius 2 is 2.00 bits per heavy atom. The number of fused-ring (bicyclic) bond motifs is 1. The van der Waals surface area contributed by atoms with Gasteiger partial charge in [0.25, 0.3) is 0 Å². The van der Waals surface area contributed by atoms with E-state index in [4.69, 9.17) is 0 Å². The van der Waals surface area contributed by atoms with E-state index in [1.165, 1.54) is 16.6 Å². The van der Waals surface area contributed by atoms with Crippen LogP contribution in [0.4, 0.5) is 5.69 Å². The van der Waals surface area contributed by atoms with Gasteiger partial charge in [0, 0.05) is 55.2 Å². The highest BCUT2D eigenvalue weighted by atomic mass is 15.2.